The summed E-state index contributed by atoms with van der Waals surface area (Å²) in [7, 11) is 0. The zero-order valence-electron chi connectivity index (χ0n) is 22.3. The second-order valence-electron chi connectivity index (χ2n) is 9.92. The number of imidazole rings is 1. The minimum atomic E-state index is 0.0276. The summed E-state index contributed by atoms with van der Waals surface area (Å²) in [6, 6.07) is 8.01. The number of anilines is 1. The highest BCUT2D eigenvalue weighted by Crippen LogP contribution is 2.30. The van der Waals surface area contributed by atoms with Crippen molar-refractivity contribution in [1.82, 2.24) is 29.7 Å². The van der Waals surface area contributed by atoms with Crippen molar-refractivity contribution in [1.29, 1.82) is 0 Å². The van der Waals surface area contributed by atoms with Crippen LogP contribution in [0.3, 0.4) is 0 Å². The summed E-state index contributed by atoms with van der Waals surface area (Å²) in [6.45, 7) is 9.56. The third-order valence-corrected chi connectivity index (χ3v) is 7.02. The fraction of sp³-hybridized carbons (Fsp3) is 0.500. The van der Waals surface area contributed by atoms with E-state index in [2.05, 4.69) is 32.0 Å². The largest absolute Gasteiger partial charge is 0.486 e. The van der Waals surface area contributed by atoms with Gasteiger partial charge in [-0.05, 0) is 44.0 Å². The Hall–Kier alpha value is -3.66. The summed E-state index contributed by atoms with van der Waals surface area (Å²) >= 11 is 0. The van der Waals surface area contributed by atoms with Crippen LogP contribution in [0.15, 0.2) is 43.0 Å². The molecule has 1 aromatic carbocycles. The van der Waals surface area contributed by atoms with E-state index in [0.717, 1.165) is 74.0 Å². The third-order valence-electron chi connectivity index (χ3n) is 7.02. The second-order valence-corrected chi connectivity index (χ2v) is 9.92. The monoisotopic (exact) mass is 519 g/mol. The quantitative estimate of drug-likeness (QED) is 0.437. The van der Waals surface area contributed by atoms with Gasteiger partial charge in [0.2, 0.25) is 11.9 Å². The zero-order chi connectivity index (χ0) is 26.3. The van der Waals surface area contributed by atoms with Gasteiger partial charge in [-0.25, -0.2) is 9.97 Å². The van der Waals surface area contributed by atoms with Crippen molar-refractivity contribution in [2.24, 2.45) is 0 Å². The minimum Gasteiger partial charge on any atom is -0.486 e. The SMILES string of the molecule is CCCCN1CCN(c2cc(C)nc(-n3ccnc3)n2)C(CC(=O)NCCc2ccc3c(c2)OCCO3)C1. The van der Waals surface area contributed by atoms with Crippen molar-refractivity contribution < 1.29 is 14.3 Å². The van der Waals surface area contributed by atoms with Crippen LogP contribution >= 0.6 is 0 Å². The third kappa shape index (κ3) is 6.42. The first-order valence-electron chi connectivity index (χ1n) is 13.6. The predicted octanol–water partition coefficient (Wildman–Crippen LogP) is 2.78. The maximum absolute atomic E-state index is 13.1. The molecule has 10 heteroatoms. The highest BCUT2D eigenvalue weighted by atomic mass is 16.6. The topological polar surface area (TPSA) is 97.6 Å². The number of nitrogens with zero attached hydrogens (tertiary/aromatic N) is 6. The predicted molar refractivity (Wildman–Crippen MR) is 145 cm³/mol. The maximum atomic E-state index is 13.1. The number of hydrogen-bond donors (Lipinski definition) is 1. The Morgan fingerprint density at radius 3 is 2.82 bits per heavy atom. The molecule has 1 amide bonds. The van der Waals surface area contributed by atoms with Crippen LogP contribution in [-0.4, -0.2) is 82.3 Å². The van der Waals surface area contributed by atoms with Crippen LogP contribution in [-0.2, 0) is 11.2 Å². The molecule has 1 fully saturated rings. The summed E-state index contributed by atoms with van der Waals surface area (Å²) in [4.78, 5) is 31.4. The van der Waals surface area contributed by atoms with Gasteiger partial charge < -0.3 is 19.7 Å². The van der Waals surface area contributed by atoms with Crippen LogP contribution in [0.5, 0.6) is 11.5 Å². The normalized spacial score (nSPS) is 17.4. The molecule has 38 heavy (non-hydrogen) atoms. The number of carbonyl (C=O) groups excluding carboxylic acids is 1. The highest BCUT2D eigenvalue weighted by molar-refractivity contribution is 5.77. The maximum Gasteiger partial charge on any atom is 0.237 e. The molecule has 202 valence electrons. The zero-order valence-corrected chi connectivity index (χ0v) is 22.3. The number of rotatable bonds is 10. The number of unbranched alkanes of at least 4 members (excludes halogenated alkanes) is 1. The van der Waals surface area contributed by atoms with Gasteiger partial charge >= 0.3 is 0 Å². The van der Waals surface area contributed by atoms with Crippen molar-refractivity contribution in [3.05, 3.63) is 54.2 Å². The molecular formula is C28H37N7O3. The minimum absolute atomic E-state index is 0.0276. The Labute approximate surface area is 224 Å². The fourth-order valence-corrected chi connectivity index (χ4v) is 5.03. The molecule has 1 unspecified atom stereocenters. The van der Waals surface area contributed by atoms with Gasteiger partial charge in [-0.2, -0.15) is 4.98 Å². The van der Waals surface area contributed by atoms with Gasteiger partial charge in [0.15, 0.2) is 11.5 Å². The van der Waals surface area contributed by atoms with Crippen LogP contribution in [0.25, 0.3) is 5.95 Å². The number of benzene rings is 1. The van der Waals surface area contributed by atoms with Gasteiger partial charge in [-0.15, -0.1) is 0 Å². The molecule has 2 aromatic heterocycles. The first-order chi connectivity index (χ1) is 18.6. The molecule has 0 spiro atoms. The Morgan fingerprint density at radius 1 is 1.13 bits per heavy atom. The number of aryl methyl sites for hydroxylation is 1. The lowest BCUT2D eigenvalue weighted by Gasteiger charge is -2.42. The second kappa shape index (κ2) is 12.3. The first-order valence-corrected chi connectivity index (χ1v) is 13.6. The number of ether oxygens (including phenoxy) is 2. The number of nitrogens with one attached hydrogen (secondary N) is 1. The van der Waals surface area contributed by atoms with E-state index in [1.165, 1.54) is 0 Å². The summed E-state index contributed by atoms with van der Waals surface area (Å²) in [5, 5.41) is 3.13. The number of piperazine rings is 1. The lowest BCUT2D eigenvalue weighted by molar-refractivity contribution is -0.121. The molecule has 0 bridgehead atoms. The number of carbonyl (C=O) groups is 1. The molecule has 2 aliphatic heterocycles. The molecule has 1 saturated heterocycles. The van der Waals surface area contributed by atoms with Gasteiger partial charge in [0.05, 0.1) is 6.04 Å². The first kappa shape index (κ1) is 26.0. The van der Waals surface area contributed by atoms with E-state index in [-0.39, 0.29) is 11.9 Å². The highest BCUT2D eigenvalue weighted by Gasteiger charge is 2.30. The molecule has 4 heterocycles. The standard InChI is InChI=1S/C28H37N7O3/c1-3-4-10-33-12-13-35(26-16-21(2)31-28(32-26)34-11-9-29-20-34)23(19-33)18-27(36)30-8-7-22-5-6-24-25(17-22)38-15-14-37-24/h5-6,9,11,16-17,20,23H,3-4,7-8,10,12-15,18-19H2,1-2H3,(H,30,36). The van der Waals surface area contributed by atoms with Crippen molar-refractivity contribution in [2.45, 2.75) is 45.6 Å². The lowest BCUT2D eigenvalue weighted by Crippen LogP contribution is -2.55. The summed E-state index contributed by atoms with van der Waals surface area (Å²) < 4.78 is 13.1. The van der Waals surface area contributed by atoms with Crippen molar-refractivity contribution >= 4 is 11.7 Å². The molecular weight excluding hydrogens is 482 g/mol. The van der Waals surface area contributed by atoms with Crippen LogP contribution in [0.1, 0.15) is 37.4 Å². The van der Waals surface area contributed by atoms with Crippen LogP contribution in [0.4, 0.5) is 5.82 Å². The molecule has 0 saturated carbocycles. The van der Waals surface area contributed by atoms with Crippen molar-refractivity contribution in [3.63, 3.8) is 0 Å². The lowest BCUT2D eigenvalue weighted by atomic mass is 10.1. The van der Waals surface area contributed by atoms with E-state index in [1.807, 2.05) is 42.0 Å². The average molecular weight is 520 g/mol. The van der Waals surface area contributed by atoms with Crippen LogP contribution in [0.2, 0.25) is 0 Å². The molecule has 0 radical (unpaired) electrons. The van der Waals surface area contributed by atoms with Gasteiger partial charge in [0, 0.05) is 56.8 Å². The van der Waals surface area contributed by atoms with E-state index >= 15 is 0 Å². The summed E-state index contributed by atoms with van der Waals surface area (Å²) in [5.74, 6) is 3.06. The summed E-state index contributed by atoms with van der Waals surface area (Å²) in [5.41, 5.74) is 2.00. The van der Waals surface area contributed by atoms with Gasteiger partial charge in [0.25, 0.3) is 0 Å². The smallest absolute Gasteiger partial charge is 0.237 e. The molecule has 5 rings (SSSR count). The van der Waals surface area contributed by atoms with E-state index < -0.39 is 0 Å². The van der Waals surface area contributed by atoms with Crippen LogP contribution in [0, 0.1) is 6.92 Å². The Bertz CT molecular complexity index is 1220. The molecule has 0 aliphatic carbocycles. The van der Waals surface area contributed by atoms with E-state index in [1.54, 1.807) is 12.5 Å². The number of fused-ring (bicyclic) bond motifs is 1. The van der Waals surface area contributed by atoms with E-state index in [9.17, 15) is 4.79 Å². The molecule has 1 atom stereocenters. The average Bonchev–Trinajstić information content (AvgIpc) is 3.47. The van der Waals surface area contributed by atoms with Gasteiger partial charge in [-0.1, -0.05) is 19.4 Å². The molecule has 2 aliphatic rings. The van der Waals surface area contributed by atoms with Crippen molar-refractivity contribution in [2.75, 3.05) is 50.8 Å². The molecule has 3 aromatic rings. The summed E-state index contributed by atoms with van der Waals surface area (Å²) in [6.07, 6.45) is 8.72. The number of aromatic nitrogens is 4. The fourth-order valence-electron chi connectivity index (χ4n) is 5.03. The number of hydrogen-bond acceptors (Lipinski definition) is 8. The van der Waals surface area contributed by atoms with Gasteiger partial charge in [0.1, 0.15) is 25.4 Å². The molecule has 1 N–H and O–H groups in total. The Morgan fingerprint density at radius 2 is 2.00 bits per heavy atom. The molecule has 10 nitrogen and oxygen atoms in total. The van der Waals surface area contributed by atoms with Crippen LogP contribution < -0.4 is 19.7 Å². The Kier molecular flexibility index (Phi) is 8.37. The van der Waals surface area contributed by atoms with Crippen molar-refractivity contribution in [3.8, 4) is 17.4 Å². The Balaban J connectivity index is 1.24. The number of amides is 1. The van der Waals surface area contributed by atoms with E-state index in [0.29, 0.717) is 32.1 Å². The van der Waals surface area contributed by atoms with E-state index in [4.69, 9.17) is 14.5 Å². The van der Waals surface area contributed by atoms with Gasteiger partial charge in [-0.3, -0.25) is 14.3 Å².